The SMILES string of the molecule is CCOc1ccccc1NC(=O)CSC1=Nc2ccccc2C2=NC(CC(=O)NCc3ccccc3OC)C(=O)N12. The van der Waals surface area contributed by atoms with E-state index in [0.29, 0.717) is 46.0 Å². The number of fused-ring (bicyclic) bond motifs is 3. The van der Waals surface area contributed by atoms with E-state index >= 15 is 0 Å². The van der Waals surface area contributed by atoms with E-state index < -0.39 is 6.04 Å². The predicted molar refractivity (Wildman–Crippen MR) is 159 cm³/mol. The number of carbonyl (C=O) groups excluding carboxylic acids is 3. The molecule has 2 aliphatic rings. The zero-order chi connectivity index (χ0) is 28.8. The van der Waals surface area contributed by atoms with E-state index in [1.54, 1.807) is 19.2 Å². The quantitative estimate of drug-likeness (QED) is 0.378. The maximum atomic E-state index is 13.5. The van der Waals surface area contributed by atoms with E-state index in [0.717, 1.165) is 17.3 Å². The molecule has 1 atom stereocenters. The highest BCUT2D eigenvalue weighted by Gasteiger charge is 2.42. The van der Waals surface area contributed by atoms with Crippen molar-refractivity contribution >= 4 is 51.9 Å². The van der Waals surface area contributed by atoms with Crippen LogP contribution >= 0.6 is 11.8 Å². The summed E-state index contributed by atoms with van der Waals surface area (Å²) in [5, 5.41) is 6.04. The second kappa shape index (κ2) is 12.7. The standard InChI is InChI=1S/C30H29N5O5S/c1-3-40-25-15-9-7-13-22(25)32-27(37)18-41-30-34-21-12-6-5-11-20(21)28-33-23(29(38)35(28)30)16-26(36)31-17-19-10-4-8-14-24(19)39-2/h4-15,23H,3,16-18H2,1-2H3,(H,31,36)(H,32,37). The maximum absolute atomic E-state index is 13.5. The number of para-hydroxylation sites is 4. The number of rotatable bonds is 10. The van der Waals surface area contributed by atoms with Crippen LogP contribution in [0.2, 0.25) is 0 Å². The van der Waals surface area contributed by atoms with Gasteiger partial charge in [0.1, 0.15) is 23.4 Å². The van der Waals surface area contributed by atoms with Crippen molar-refractivity contribution < 1.29 is 23.9 Å². The Morgan fingerprint density at radius 2 is 1.71 bits per heavy atom. The second-order valence-corrected chi connectivity index (χ2v) is 10.1. The minimum Gasteiger partial charge on any atom is -0.496 e. The summed E-state index contributed by atoms with van der Waals surface area (Å²) in [5.41, 5.74) is 2.72. The fourth-order valence-electron chi connectivity index (χ4n) is 4.49. The molecule has 0 saturated carbocycles. The Labute approximate surface area is 241 Å². The Balaban J connectivity index is 1.28. The number of benzene rings is 3. The van der Waals surface area contributed by atoms with Gasteiger partial charge in [0.05, 0.1) is 37.3 Å². The van der Waals surface area contributed by atoms with Gasteiger partial charge in [0.25, 0.3) is 5.91 Å². The average Bonchev–Trinajstić information content (AvgIpc) is 3.32. The van der Waals surface area contributed by atoms with Gasteiger partial charge < -0.3 is 20.1 Å². The third kappa shape index (κ3) is 6.25. The molecule has 41 heavy (non-hydrogen) atoms. The minimum absolute atomic E-state index is 0.00256. The fraction of sp³-hybridized carbons (Fsp3) is 0.233. The molecule has 3 aromatic rings. The normalized spacial score (nSPS) is 15.3. The number of anilines is 1. The van der Waals surface area contributed by atoms with Crippen LogP contribution in [0.1, 0.15) is 24.5 Å². The number of thioether (sulfide) groups is 1. The van der Waals surface area contributed by atoms with Gasteiger partial charge in [-0.25, -0.2) is 9.89 Å². The van der Waals surface area contributed by atoms with Gasteiger partial charge in [-0.3, -0.25) is 19.4 Å². The van der Waals surface area contributed by atoms with Crippen LogP contribution in [0.25, 0.3) is 0 Å². The Hall–Kier alpha value is -4.64. The first kappa shape index (κ1) is 27.9. The summed E-state index contributed by atoms with van der Waals surface area (Å²) in [7, 11) is 1.57. The van der Waals surface area contributed by atoms with E-state index in [1.807, 2.05) is 67.6 Å². The topological polar surface area (TPSA) is 122 Å². The molecule has 10 nitrogen and oxygen atoms in total. The number of hydrogen-bond acceptors (Lipinski definition) is 8. The van der Waals surface area contributed by atoms with Gasteiger partial charge in [-0.05, 0) is 37.3 Å². The summed E-state index contributed by atoms with van der Waals surface area (Å²) in [6.07, 6.45) is -0.122. The van der Waals surface area contributed by atoms with Gasteiger partial charge in [0.15, 0.2) is 5.17 Å². The second-order valence-electron chi connectivity index (χ2n) is 9.11. The van der Waals surface area contributed by atoms with Crippen LogP contribution in [0.3, 0.4) is 0 Å². The molecule has 3 aromatic carbocycles. The number of ether oxygens (including phenoxy) is 2. The van der Waals surface area contributed by atoms with Crippen LogP contribution in [0, 0.1) is 0 Å². The lowest BCUT2D eigenvalue weighted by Crippen LogP contribution is -2.42. The zero-order valence-electron chi connectivity index (χ0n) is 22.6. The van der Waals surface area contributed by atoms with E-state index in [-0.39, 0.29) is 36.4 Å². The van der Waals surface area contributed by atoms with Gasteiger partial charge in [0.2, 0.25) is 11.8 Å². The van der Waals surface area contributed by atoms with Crippen molar-refractivity contribution in [1.82, 2.24) is 10.2 Å². The Morgan fingerprint density at radius 1 is 0.976 bits per heavy atom. The molecule has 2 heterocycles. The molecule has 0 aliphatic carbocycles. The number of nitrogens with one attached hydrogen (secondary N) is 2. The van der Waals surface area contributed by atoms with Crippen molar-refractivity contribution in [2.75, 3.05) is 24.8 Å². The summed E-state index contributed by atoms with van der Waals surface area (Å²) in [5.74, 6) is 0.715. The number of amides is 3. The molecule has 0 saturated heterocycles. The van der Waals surface area contributed by atoms with Gasteiger partial charge in [-0.2, -0.15) is 0 Å². The molecule has 5 rings (SSSR count). The first-order valence-corrected chi connectivity index (χ1v) is 14.1. The molecule has 0 fully saturated rings. The summed E-state index contributed by atoms with van der Waals surface area (Å²) in [6.45, 7) is 2.60. The molecule has 2 aliphatic heterocycles. The van der Waals surface area contributed by atoms with Crippen molar-refractivity contribution in [3.05, 3.63) is 83.9 Å². The lowest BCUT2D eigenvalue weighted by atomic mass is 10.1. The smallest absolute Gasteiger partial charge is 0.259 e. The maximum Gasteiger partial charge on any atom is 0.259 e. The summed E-state index contributed by atoms with van der Waals surface area (Å²) in [4.78, 5) is 49.9. The average molecular weight is 572 g/mol. The van der Waals surface area contributed by atoms with Crippen molar-refractivity contribution in [2.45, 2.75) is 25.9 Å². The Morgan fingerprint density at radius 3 is 2.51 bits per heavy atom. The highest BCUT2D eigenvalue weighted by Crippen LogP contribution is 2.34. The van der Waals surface area contributed by atoms with Crippen molar-refractivity contribution in [2.24, 2.45) is 9.98 Å². The first-order chi connectivity index (χ1) is 20.0. The third-order valence-corrected chi connectivity index (χ3v) is 7.33. The molecule has 210 valence electrons. The number of hydrogen-bond donors (Lipinski definition) is 2. The monoisotopic (exact) mass is 571 g/mol. The lowest BCUT2D eigenvalue weighted by molar-refractivity contribution is -0.128. The molecule has 0 spiro atoms. The van der Waals surface area contributed by atoms with Gasteiger partial charge in [-0.15, -0.1) is 0 Å². The summed E-state index contributed by atoms with van der Waals surface area (Å²) >= 11 is 1.13. The van der Waals surface area contributed by atoms with E-state index in [1.165, 1.54) is 4.90 Å². The van der Waals surface area contributed by atoms with Crippen molar-refractivity contribution in [1.29, 1.82) is 0 Å². The van der Waals surface area contributed by atoms with E-state index in [2.05, 4.69) is 20.6 Å². The third-order valence-electron chi connectivity index (χ3n) is 6.39. The largest absolute Gasteiger partial charge is 0.496 e. The molecular weight excluding hydrogens is 542 g/mol. The predicted octanol–water partition coefficient (Wildman–Crippen LogP) is 4.13. The van der Waals surface area contributed by atoms with Crippen molar-refractivity contribution in [3.63, 3.8) is 0 Å². The van der Waals surface area contributed by atoms with Crippen LogP contribution in [-0.2, 0) is 20.9 Å². The van der Waals surface area contributed by atoms with Crippen LogP contribution in [0.15, 0.2) is 82.8 Å². The van der Waals surface area contributed by atoms with E-state index in [4.69, 9.17) is 9.47 Å². The fourth-order valence-corrected chi connectivity index (χ4v) is 5.29. The molecule has 1 unspecified atom stereocenters. The van der Waals surface area contributed by atoms with Crippen LogP contribution < -0.4 is 20.1 Å². The van der Waals surface area contributed by atoms with E-state index in [9.17, 15) is 14.4 Å². The zero-order valence-corrected chi connectivity index (χ0v) is 23.4. The highest BCUT2D eigenvalue weighted by atomic mass is 32.2. The van der Waals surface area contributed by atoms with Gasteiger partial charge in [-0.1, -0.05) is 54.2 Å². The van der Waals surface area contributed by atoms with Gasteiger partial charge in [0, 0.05) is 17.7 Å². The summed E-state index contributed by atoms with van der Waals surface area (Å²) in [6, 6.07) is 21.0. The lowest BCUT2D eigenvalue weighted by Gasteiger charge is -2.25. The van der Waals surface area contributed by atoms with Crippen molar-refractivity contribution in [3.8, 4) is 11.5 Å². The molecule has 2 N–H and O–H groups in total. The molecule has 3 amide bonds. The number of nitrogens with zero attached hydrogens (tertiary/aromatic N) is 3. The molecule has 0 radical (unpaired) electrons. The summed E-state index contributed by atoms with van der Waals surface area (Å²) < 4.78 is 10.9. The van der Waals surface area contributed by atoms with Crippen LogP contribution in [0.5, 0.6) is 11.5 Å². The number of aliphatic imine (C=N–C) groups is 2. The first-order valence-electron chi connectivity index (χ1n) is 13.1. The van der Waals surface area contributed by atoms with Crippen LogP contribution in [-0.4, -0.2) is 59.1 Å². The van der Waals surface area contributed by atoms with Crippen LogP contribution in [0.4, 0.5) is 11.4 Å². The number of amidine groups is 2. The highest BCUT2D eigenvalue weighted by molar-refractivity contribution is 8.14. The Kier molecular flexibility index (Phi) is 8.64. The molecular formula is C30H29N5O5S. The number of methoxy groups -OCH3 is 1. The van der Waals surface area contributed by atoms with Gasteiger partial charge >= 0.3 is 0 Å². The molecule has 0 bridgehead atoms. The Bertz CT molecular complexity index is 1540. The molecule has 11 heteroatoms. The minimum atomic E-state index is -0.911. The molecule has 0 aromatic heterocycles. The number of carbonyl (C=O) groups is 3.